The van der Waals surface area contributed by atoms with E-state index in [0.29, 0.717) is 6.67 Å². The molecule has 100 valence electrons. The summed E-state index contributed by atoms with van der Waals surface area (Å²) < 4.78 is 0. The largest absolute Gasteiger partial charge is 0.318 e. The molecule has 0 radical (unpaired) electrons. The predicted molar refractivity (Wildman–Crippen MR) is 77.9 cm³/mol. The second-order valence-electron chi connectivity index (χ2n) is 4.64. The molecular formula is C15H30N2. The summed E-state index contributed by atoms with van der Waals surface area (Å²) >= 11 is 0. The van der Waals surface area contributed by atoms with E-state index < -0.39 is 0 Å². The Morgan fingerprint density at radius 1 is 1.29 bits per heavy atom. The van der Waals surface area contributed by atoms with Gasteiger partial charge < -0.3 is 11.1 Å². The third kappa shape index (κ3) is 10.3. The molecule has 0 aliphatic heterocycles. The Kier molecular flexibility index (Phi) is 11.5. The number of hydrogen-bond acceptors (Lipinski definition) is 2. The normalized spacial score (nSPS) is 14.5. The Bertz CT molecular complexity index is 219. The van der Waals surface area contributed by atoms with Gasteiger partial charge in [0.25, 0.3) is 0 Å². The third-order valence-electron chi connectivity index (χ3n) is 3.08. The van der Waals surface area contributed by atoms with Crippen molar-refractivity contribution >= 4 is 0 Å². The summed E-state index contributed by atoms with van der Waals surface area (Å²) in [5.41, 5.74) is 6.88. The highest BCUT2D eigenvalue weighted by molar-refractivity contribution is 5.04. The van der Waals surface area contributed by atoms with Gasteiger partial charge >= 0.3 is 0 Å². The lowest BCUT2D eigenvalue weighted by molar-refractivity contribution is 0.458. The van der Waals surface area contributed by atoms with Gasteiger partial charge in [-0.3, -0.25) is 0 Å². The first-order chi connectivity index (χ1) is 8.24. The van der Waals surface area contributed by atoms with Gasteiger partial charge in [-0.2, -0.15) is 0 Å². The van der Waals surface area contributed by atoms with E-state index in [1.807, 2.05) is 0 Å². The summed E-state index contributed by atoms with van der Waals surface area (Å²) in [5, 5.41) is 3.18. The van der Waals surface area contributed by atoms with Crippen molar-refractivity contribution < 1.29 is 0 Å². The van der Waals surface area contributed by atoms with Gasteiger partial charge in [0.05, 0.1) is 0 Å². The molecule has 0 aromatic rings. The van der Waals surface area contributed by atoms with Crippen molar-refractivity contribution in [3.05, 3.63) is 23.8 Å². The fourth-order valence-corrected chi connectivity index (χ4v) is 1.89. The monoisotopic (exact) mass is 238 g/mol. The fraction of sp³-hybridized carbons (Fsp3) is 0.733. The van der Waals surface area contributed by atoms with Gasteiger partial charge in [-0.15, -0.1) is 0 Å². The van der Waals surface area contributed by atoms with Gasteiger partial charge in [0.2, 0.25) is 0 Å². The SMILES string of the molecule is CC/C=C(\C)C/C=C/CC(CC)CCNCN. The van der Waals surface area contributed by atoms with E-state index in [0.717, 1.165) is 25.3 Å². The first-order valence-corrected chi connectivity index (χ1v) is 6.95. The zero-order chi connectivity index (χ0) is 12.9. The number of hydrogen-bond donors (Lipinski definition) is 2. The molecule has 1 unspecified atom stereocenters. The lowest BCUT2D eigenvalue weighted by Gasteiger charge is -2.12. The maximum atomic E-state index is 5.41. The maximum absolute atomic E-state index is 5.41. The zero-order valence-electron chi connectivity index (χ0n) is 11.8. The molecule has 0 spiro atoms. The molecule has 0 aromatic heterocycles. The van der Waals surface area contributed by atoms with Crippen LogP contribution in [0.5, 0.6) is 0 Å². The van der Waals surface area contributed by atoms with Crippen LogP contribution in [0.1, 0.15) is 52.9 Å². The zero-order valence-corrected chi connectivity index (χ0v) is 11.8. The molecule has 3 N–H and O–H groups in total. The van der Waals surface area contributed by atoms with Gasteiger partial charge in [0.1, 0.15) is 0 Å². The summed E-state index contributed by atoms with van der Waals surface area (Å²) in [5.74, 6) is 0.792. The molecule has 0 aromatic carbocycles. The van der Waals surface area contributed by atoms with Crippen molar-refractivity contribution in [2.45, 2.75) is 52.9 Å². The second kappa shape index (κ2) is 11.9. The topological polar surface area (TPSA) is 38.0 Å². The summed E-state index contributed by atoms with van der Waals surface area (Å²) in [4.78, 5) is 0. The van der Waals surface area contributed by atoms with Crippen LogP contribution < -0.4 is 11.1 Å². The molecule has 0 fully saturated rings. The number of nitrogens with two attached hydrogens (primary N) is 1. The summed E-state index contributed by atoms with van der Waals surface area (Å²) in [7, 11) is 0. The molecule has 0 rings (SSSR count). The predicted octanol–water partition coefficient (Wildman–Crippen LogP) is 3.60. The Morgan fingerprint density at radius 3 is 2.65 bits per heavy atom. The van der Waals surface area contributed by atoms with E-state index >= 15 is 0 Å². The van der Waals surface area contributed by atoms with Crippen LogP contribution in [-0.4, -0.2) is 13.2 Å². The molecule has 0 bridgehead atoms. The highest BCUT2D eigenvalue weighted by Gasteiger charge is 2.02. The van der Waals surface area contributed by atoms with Crippen molar-refractivity contribution in [3.63, 3.8) is 0 Å². The summed E-state index contributed by atoms with van der Waals surface area (Å²) in [6, 6.07) is 0. The minimum atomic E-state index is 0.591. The molecular weight excluding hydrogens is 208 g/mol. The summed E-state index contributed by atoms with van der Waals surface area (Å²) in [6.45, 7) is 8.29. The third-order valence-corrected chi connectivity index (χ3v) is 3.08. The van der Waals surface area contributed by atoms with Gasteiger partial charge in [-0.05, 0) is 45.1 Å². The molecule has 0 saturated heterocycles. The van der Waals surface area contributed by atoms with Crippen LogP contribution in [0, 0.1) is 5.92 Å². The van der Waals surface area contributed by atoms with E-state index in [4.69, 9.17) is 5.73 Å². The van der Waals surface area contributed by atoms with Crippen LogP contribution in [0.4, 0.5) is 0 Å². The van der Waals surface area contributed by atoms with E-state index in [2.05, 4.69) is 44.3 Å². The molecule has 2 heteroatoms. The molecule has 0 saturated carbocycles. The van der Waals surface area contributed by atoms with Gasteiger partial charge in [-0.25, -0.2) is 0 Å². The van der Waals surface area contributed by atoms with Crippen molar-refractivity contribution in [2.75, 3.05) is 13.2 Å². The number of nitrogens with one attached hydrogen (secondary N) is 1. The average molecular weight is 238 g/mol. The van der Waals surface area contributed by atoms with E-state index in [-0.39, 0.29) is 0 Å². The van der Waals surface area contributed by atoms with Crippen LogP contribution in [0.15, 0.2) is 23.8 Å². The second-order valence-corrected chi connectivity index (χ2v) is 4.64. The molecule has 0 heterocycles. The van der Waals surface area contributed by atoms with E-state index in [9.17, 15) is 0 Å². The first kappa shape index (κ1) is 16.4. The van der Waals surface area contributed by atoms with Crippen molar-refractivity contribution in [1.82, 2.24) is 5.32 Å². The van der Waals surface area contributed by atoms with Gasteiger partial charge in [0, 0.05) is 6.67 Å². The van der Waals surface area contributed by atoms with Crippen LogP contribution >= 0.6 is 0 Å². The first-order valence-electron chi connectivity index (χ1n) is 6.95. The van der Waals surface area contributed by atoms with Crippen LogP contribution in [0.3, 0.4) is 0 Å². The van der Waals surface area contributed by atoms with Crippen LogP contribution in [-0.2, 0) is 0 Å². The molecule has 1 atom stereocenters. The Balaban J connectivity index is 3.73. The maximum Gasteiger partial charge on any atom is 0.0428 e. The van der Waals surface area contributed by atoms with Crippen molar-refractivity contribution in [2.24, 2.45) is 11.7 Å². The lowest BCUT2D eigenvalue weighted by atomic mass is 9.98. The molecule has 0 aliphatic carbocycles. The standard InChI is InChI=1S/C15H30N2/c1-4-8-14(3)9-6-7-10-15(5-2)11-12-17-13-16/h6-8,15,17H,4-5,9-13,16H2,1-3H3/b7-6+,14-8+. The van der Waals surface area contributed by atoms with Gasteiger partial charge in [0.15, 0.2) is 0 Å². The Labute approximate surface area is 107 Å². The van der Waals surface area contributed by atoms with Crippen LogP contribution in [0.2, 0.25) is 0 Å². The van der Waals surface area contributed by atoms with E-state index in [1.54, 1.807) is 0 Å². The summed E-state index contributed by atoms with van der Waals surface area (Å²) in [6.07, 6.45) is 12.9. The molecule has 2 nitrogen and oxygen atoms in total. The lowest BCUT2D eigenvalue weighted by Crippen LogP contribution is -2.24. The highest BCUT2D eigenvalue weighted by atomic mass is 14.9. The molecule has 17 heavy (non-hydrogen) atoms. The quantitative estimate of drug-likeness (QED) is 0.347. The Hall–Kier alpha value is -0.600. The van der Waals surface area contributed by atoms with Gasteiger partial charge in [-0.1, -0.05) is 44.1 Å². The minimum absolute atomic E-state index is 0.591. The molecule has 0 amide bonds. The van der Waals surface area contributed by atoms with Crippen LogP contribution in [0.25, 0.3) is 0 Å². The molecule has 0 aliphatic rings. The van der Waals surface area contributed by atoms with Crippen molar-refractivity contribution in [3.8, 4) is 0 Å². The Morgan fingerprint density at radius 2 is 2.06 bits per heavy atom. The number of rotatable bonds is 10. The minimum Gasteiger partial charge on any atom is -0.318 e. The van der Waals surface area contributed by atoms with Crippen molar-refractivity contribution in [1.29, 1.82) is 0 Å². The number of allylic oxidation sites excluding steroid dienone is 4. The fourth-order valence-electron chi connectivity index (χ4n) is 1.89. The average Bonchev–Trinajstić information content (AvgIpc) is 2.32. The highest BCUT2D eigenvalue weighted by Crippen LogP contribution is 2.13. The van der Waals surface area contributed by atoms with E-state index in [1.165, 1.54) is 24.8 Å². The smallest absolute Gasteiger partial charge is 0.0428 e.